The lowest BCUT2D eigenvalue weighted by molar-refractivity contribution is -0.320. The summed E-state index contributed by atoms with van der Waals surface area (Å²) < 4.78 is 17.9. The first-order valence-corrected chi connectivity index (χ1v) is 7.46. The number of carbonyl (C=O) groups is 1. The Balaban J connectivity index is 1.76. The number of nitrogens with one attached hydrogen (secondary N) is 2. The molecule has 1 aliphatic carbocycles. The molecule has 3 fully saturated rings. The van der Waals surface area contributed by atoms with Crippen LogP contribution in [0.15, 0.2) is 0 Å². The van der Waals surface area contributed by atoms with Gasteiger partial charge in [-0.25, -0.2) is 0 Å². The highest BCUT2D eigenvalue weighted by molar-refractivity contribution is 5.84. The van der Waals surface area contributed by atoms with Crippen molar-refractivity contribution in [1.82, 2.24) is 10.6 Å². The van der Waals surface area contributed by atoms with Crippen molar-refractivity contribution in [3.63, 3.8) is 0 Å². The Morgan fingerprint density at radius 1 is 1.10 bits per heavy atom. The molecule has 7 unspecified atom stereocenters. The second-order valence-electron chi connectivity index (χ2n) is 6.03. The van der Waals surface area contributed by atoms with Crippen LogP contribution in [0.4, 0.5) is 0 Å². The Bertz CT molecular complexity index is 378. The summed E-state index contributed by atoms with van der Waals surface area (Å²) in [6.45, 7) is 1.90. The minimum absolute atomic E-state index is 0.0296. The highest BCUT2D eigenvalue weighted by atomic mass is 16.7. The number of carbonyl (C=O) groups excluding carboxylic acids is 1. The average Bonchev–Trinajstić information content (AvgIpc) is 2.44. The van der Waals surface area contributed by atoms with E-state index >= 15 is 0 Å². The van der Waals surface area contributed by atoms with E-state index < -0.39 is 12.4 Å². The lowest BCUT2D eigenvalue weighted by atomic mass is 9.84. The number of fused-ring (bicyclic) bond motifs is 2. The Morgan fingerprint density at radius 2 is 1.90 bits per heavy atom. The maximum Gasteiger partial charge on any atom is 0.191 e. The van der Waals surface area contributed by atoms with E-state index in [2.05, 4.69) is 10.6 Å². The smallest absolute Gasteiger partial charge is 0.191 e. The second-order valence-corrected chi connectivity index (χ2v) is 6.03. The van der Waals surface area contributed by atoms with Gasteiger partial charge in [-0.3, -0.25) is 4.79 Å². The molecule has 6 nitrogen and oxygen atoms in total. The molecule has 0 amide bonds. The zero-order valence-electron chi connectivity index (χ0n) is 12.3. The van der Waals surface area contributed by atoms with Crippen molar-refractivity contribution >= 4 is 5.78 Å². The van der Waals surface area contributed by atoms with Crippen molar-refractivity contribution in [2.75, 3.05) is 14.1 Å². The molecule has 1 saturated carbocycles. The van der Waals surface area contributed by atoms with Gasteiger partial charge in [-0.05, 0) is 33.9 Å². The molecule has 3 aliphatic rings. The molecule has 20 heavy (non-hydrogen) atoms. The molecule has 2 N–H and O–H groups in total. The van der Waals surface area contributed by atoms with Crippen molar-refractivity contribution < 1.29 is 19.0 Å². The SMILES string of the molecule is CNC1CC(NC)C2OC3C(=O)CC(C)OC3OC2C1. The number of hydrogen-bond acceptors (Lipinski definition) is 6. The first-order valence-electron chi connectivity index (χ1n) is 7.46. The van der Waals surface area contributed by atoms with Crippen LogP contribution in [0.5, 0.6) is 0 Å². The van der Waals surface area contributed by atoms with Crippen LogP contribution in [0.1, 0.15) is 26.2 Å². The summed E-state index contributed by atoms with van der Waals surface area (Å²) in [7, 11) is 3.89. The lowest BCUT2D eigenvalue weighted by Crippen LogP contribution is -2.65. The van der Waals surface area contributed by atoms with Crippen molar-refractivity contribution in [1.29, 1.82) is 0 Å². The summed E-state index contributed by atoms with van der Waals surface area (Å²) in [5, 5.41) is 6.60. The normalized spacial score (nSPS) is 48.5. The summed E-state index contributed by atoms with van der Waals surface area (Å²) in [5.41, 5.74) is 0. The standard InChI is InChI=1S/C14H24N2O4/c1-7-4-10(17)13-14(18-7)19-11-6-8(15-2)5-9(16-3)12(11)20-13/h7-9,11-16H,4-6H2,1-3H3. The fourth-order valence-electron chi connectivity index (χ4n) is 3.53. The molecular weight excluding hydrogens is 260 g/mol. The molecule has 6 heteroatoms. The van der Waals surface area contributed by atoms with Crippen LogP contribution in [0.25, 0.3) is 0 Å². The molecule has 2 aliphatic heterocycles. The predicted octanol–water partition coefficient (Wildman–Crippen LogP) is -0.187. The van der Waals surface area contributed by atoms with Gasteiger partial charge in [0.05, 0.1) is 12.2 Å². The van der Waals surface area contributed by atoms with E-state index in [1.54, 1.807) is 0 Å². The van der Waals surface area contributed by atoms with Crippen molar-refractivity contribution in [2.24, 2.45) is 0 Å². The molecular formula is C14H24N2O4. The Hall–Kier alpha value is -0.530. The summed E-state index contributed by atoms with van der Waals surface area (Å²) in [4.78, 5) is 12.1. The molecule has 114 valence electrons. The zero-order chi connectivity index (χ0) is 14.3. The third kappa shape index (κ3) is 2.51. The number of ketones is 1. The summed E-state index contributed by atoms with van der Waals surface area (Å²) >= 11 is 0. The van der Waals surface area contributed by atoms with Crippen LogP contribution in [0, 0.1) is 0 Å². The average molecular weight is 284 g/mol. The first-order chi connectivity index (χ1) is 9.62. The van der Waals surface area contributed by atoms with Gasteiger partial charge in [-0.15, -0.1) is 0 Å². The monoisotopic (exact) mass is 284 g/mol. The van der Waals surface area contributed by atoms with E-state index in [0.29, 0.717) is 12.5 Å². The van der Waals surface area contributed by atoms with Crippen LogP contribution in [0.2, 0.25) is 0 Å². The summed E-state index contributed by atoms with van der Waals surface area (Å²) in [6, 6.07) is 0.588. The highest BCUT2D eigenvalue weighted by Crippen LogP contribution is 2.35. The van der Waals surface area contributed by atoms with Gasteiger partial charge < -0.3 is 24.8 Å². The van der Waals surface area contributed by atoms with Crippen LogP contribution < -0.4 is 10.6 Å². The molecule has 0 radical (unpaired) electrons. The molecule has 2 saturated heterocycles. The van der Waals surface area contributed by atoms with E-state index in [-0.39, 0.29) is 30.1 Å². The summed E-state index contributed by atoms with van der Waals surface area (Å²) in [6.07, 6.45) is 0.965. The number of hydrogen-bond donors (Lipinski definition) is 2. The van der Waals surface area contributed by atoms with E-state index in [0.717, 1.165) is 12.8 Å². The number of ether oxygens (including phenoxy) is 3. The van der Waals surface area contributed by atoms with Crippen LogP contribution in [-0.4, -0.2) is 62.7 Å². The van der Waals surface area contributed by atoms with Crippen molar-refractivity contribution in [3.05, 3.63) is 0 Å². The van der Waals surface area contributed by atoms with E-state index in [1.807, 2.05) is 21.0 Å². The van der Waals surface area contributed by atoms with Gasteiger partial charge in [0.1, 0.15) is 6.10 Å². The maximum atomic E-state index is 12.1. The molecule has 3 rings (SSSR count). The molecule has 7 atom stereocenters. The van der Waals surface area contributed by atoms with Gasteiger partial charge in [0.15, 0.2) is 18.2 Å². The van der Waals surface area contributed by atoms with Gasteiger partial charge in [-0.1, -0.05) is 0 Å². The molecule has 0 aromatic heterocycles. The first kappa shape index (κ1) is 14.4. The fraction of sp³-hybridized carbons (Fsp3) is 0.929. The number of rotatable bonds is 2. The maximum absolute atomic E-state index is 12.1. The van der Waals surface area contributed by atoms with Crippen molar-refractivity contribution in [2.45, 2.75) is 69.0 Å². The Labute approximate surface area is 119 Å². The molecule has 0 aromatic carbocycles. The highest BCUT2D eigenvalue weighted by Gasteiger charge is 2.50. The lowest BCUT2D eigenvalue weighted by Gasteiger charge is -2.49. The third-order valence-corrected chi connectivity index (χ3v) is 4.63. The van der Waals surface area contributed by atoms with E-state index in [4.69, 9.17) is 14.2 Å². The minimum atomic E-state index is -0.561. The quantitative estimate of drug-likeness (QED) is 0.733. The Kier molecular flexibility index (Phi) is 4.10. The van der Waals surface area contributed by atoms with Crippen molar-refractivity contribution in [3.8, 4) is 0 Å². The van der Waals surface area contributed by atoms with Gasteiger partial charge in [0.2, 0.25) is 0 Å². The number of likely N-dealkylation sites (N-methyl/N-ethyl adjacent to an activating group) is 1. The molecule has 0 spiro atoms. The zero-order valence-corrected chi connectivity index (χ0v) is 12.3. The number of Topliss-reactive ketones (excluding diaryl/α,β-unsaturated/α-hetero) is 1. The summed E-state index contributed by atoms with van der Waals surface area (Å²) in [5.74, 6) is 0.0952. The van der Waals surface area contributed by atoms with Crippen LogP contribution in [-0.2, 0) is 19.0 Å². The topological polar surface area (TPSA) is 68.8 Å². The minimum Gasteiger partial charge on any atom is -0.357 e. The predicted molar refractivity (Wildman–Crippen MR) is 72.4 cm³/mol. The van der Waals surface area contributed by atoms with Gasteiger partial charge >= 0.3 is 0 Å². The fourth-order valence-corrected chi connectivity index (χ4v) is 3.53. The van der Waals surface area contributed by atoms with E-state index in [9.17, 15) is 4.79 Å². The second kappa shape index (κ2) is 5.69. The molecule has 0 aromatic rings. The Morgan fingerprint density at radius 3 is 2.60 bits per heavy atom. The van der Waals surface area contributed by atoms with Crippen LogP contribution in [0.3, 0.4) is 0 Å². The van der Waals surface area contributed by atoms with E-state index in [1.165, 1.54) is 0 Å². The van der Waals surface area contributed by atoms with Gasteiger partial charge in [-0.2, -0.15) is 0 Å². The molecule has 2 heterocycles. The molecule has 0 bridgehead atoms. The van der Waals surface area contributed by atoms with Gasteiger partial charge in [0, 0.05) is 18.5 Å². The largest absolute Gasteiger partial charge is 0.357 e. The van der Waals surface area contributed by atoms with Crippen LogP contribution >= 0.6 is 0 Å². The van der Waals surface area contributed by atoms with Gasteiger partial charge in [0.25, 0.3) is 0 Å². The third-order valence-electron chi connectivity index (χ3n) is 4.63.